The Morgan fingerprint density at radius 3 is 2.52 bits per heavy atom. The first-order valence-corrected chi connectivity index (χ1v) is 8.71. The lowest BCUT2D eigenvalue weighted by molar-refractivity contribution is -0.917. The molecule has 1 saturated heterocycles. The van der Waals surface area contributed by atoms with Crippen molar-refractivity contribution >= 4 is 5.91 Å². The minimum absolute atomic E-state index is 0.0873. The van der Waals surface area contributed by atoms with Gasteiger partial charge in [0.2, 0.25) is 0 Å². The fraction of sp³-hybridized carbons (Fsp3) is 0.368. The van der Waals surface area contributed by atoms with Crippen LogP contribution < -0.4 is 14.4 Å². The van der Waals surface area contributed by atoms with Crippen LogP contribution in [-0.4, -0.2) is 55.7 Å². The summed E-state index contributed by atoms with van der Waals surface area (Å²) in [6.45, 7) is 0.915. The number of quaternary nitrogens is 1. The lowest BCUT2D eigenvalue weighted by Crippen LogP contribution is -3.13. The van der Waals surface area contributed by atoms with Gasteiger partial charge in [-0.1, -0.05) is 0 Å². The predicted molar refractivity (Wildman–Crippen MR) is 94.2 cm³/mol. The first-order chi connectivity index (χ1) is 13.1. The number of nitrogens with zero attached hydrogens (tertiary/aromatic N) is 2. The normalized spacial score (nSPS) is 15.0. The monoisotopic (exact) mass is 378 g/mol. The van der Waals surface area contributed by atoms with Gasteiger partial charge in [0.25, 0.3) is 5.91 Å². The number of alkyl halides is 2. The van der Waals surface area contributed by atoms with Gasteiger partial charge in [-0.2, -0.15) is 8.78 Å². The van der Waals surface area contributed by atoms with Crippen LogP contribution in [0.1, 0.15) is 15.9 Å². The Labute approximate surface area is 156 Å². The minimum atomic E-state index is -2.95. The molecule has 0 saturated carbocycles. The molecule has 0 bridgehead atoms. The maximum Gasteiger partial charge on any atom is 0.387 e. The molecule has 6 nitrogen and oxygen atoms in total. The van der Waals surface area contributed by atoms with Crippen molar-refractivity contribution in [2.75, 3.05) is 33.3 Å². The molecule has 2 aromatic rings. The van der Waals surface area contributed by atoms with Crippen LogP contribution in [0.25, 0.3) is 0 Å². The van der Waals surface area contributed by atoms with Crippen LogP contribution >= 0.6 is 0 Å². The van der Waals surface area contributed by atoms with Crippen LogP contribution in [0.5, 0.6) is 11.5 Å². The highest BCUT2D eigenvalue weighted by atomic mass is 19.3. The van der Waals surface area contributed by atoms with Gasteiger partial charge in [-0.15, -0.1) is 0 Å². The standard InChI is InChI=1S/C19H21F2N3O3/c1-26-17-12-15(2-3-16(17)27-19(20)21)18(25)24-10-8-23(9-11-24)13-14-4-6-22-7-5-14/h2-7,12,19H,8-11,13H2,1H3/p+1. The van der Waals surface area contributed by atoms with Gasteiger partial charge in [-0.3, -0.25) is 9.78 Å². The number of benzene rings is 1. The number of aromatic nitrogens is 1. The maximum atomic E-state index is 12.7. The molecule has 2 heterocycles. The lowest BCUT2D eigenvalue weighted by Gasteiger charge is -2.32. The summed E-state index contributed by atoms with van der Waals surface area (Å²) in [6, 6.07) is 8.26. The maximum absolute atomic E-state index is 12.7. The third-order valence-corrected chi connectivity index (χ3v) is 4.59. The molecule has 1 N–H and O–H groups in total. The van der Waals surface area contributed by atoms with Crippen molar-refractivity contribution in [1.29, 1.82) is 0 Å². The smallest absolute Gasteiger partial charge is 0.387 e. The van der Waals surface area contributed by atoms with Gasteiger partial charge in [0, 0.05) is 23.5 Å². The van der Waals surface area contributed by atoms with Crippen LogP contribution in [0.4, 0.5) is 8.78 Å². The highest BCUT2D eigenvalue weighted by Gasteiger charge is 2.25. The van der Waals surface area contributed by atoms with Crippen molar-refractivity contribution in [3.8, 4) is 11.5 Å². The fourth-order valence-electron chi connectivity index (χ4n) is 3.17. The molecule has 1 fully saturated rings. The van der Waals surface area contributed by atoms with Crippen LogP contribution in [-0.2, 0) is 6.54 Å². The van der Waals surface area contributed by atoms with E-state index in [9.17, 15) is 13.6 Å². The molecule has 1 aromatic heterocycles. The van der Waals surface area contributed by atoms with Gasteiger partial charge in [0.15, 0.2) is 11.5 Å². The topological polar surface area (TPSA) is 56.1 Å². The molecule has 0 unspecified atom stereocenters. The van der Waals surface area contributed by atoms with Crippen LogP contribution in [0.2, 0.25) is 0 Å². The number of hydrogen-bond acceptors (Lipinski definition) is 4. The summed E-state index contributed by atoms with van der Waals surface area (Å²) in [5.41, 5.74) is 1.62. The number of halogens is 2. The number of ether oxygens (including phenoxy) is 2. The molecule has 27 heavy (non-hydrogen) atoms. The van der Waals surface area contributed by atoms with E-state index in [1.54, 1.807) is 17.3 Å². The van der Waals surface area contributed by atoms with E-state index < -0.39 is 6.61 Å². The number of rotatable bonds is 6. The van der Waals surface area contributed by atoms with E-state index in [-0.39, 0.29) is 17.4 Å². The molecule has 0 aliphatic carbocycles. The number of hydrogen-bond donors (Lipinski definition) is 1. The zero-order chi connectivity index (χ0) is 19.2. The Morgan fingerprint density at radius 2 is 1.89 bits per heavy atom. The fourth-order valence-corrected chi connectivity index (χ4v) is 3.17. The average Bonchev–Trinajstić information content (AvgIpc) is 2.69. The summed E-state index contributed by atoms with van der Waals surface area (Å²) < 4.78 is 34.3. The van der Waals surface area contributed by atoms with Gasteiger partial charge in [-0.05, 0) is 30.3 Å². The molecule has 0 spiro atoms. The molecule has 8 heteroatoms. The summed E-state index contributed by atoms with van der Waals surface area (Å²) in [5, 5.41) is 0. The molecule has 144 valence electrons. The highest BCUT2D eigenvalue weighted by molar-refractivity contribution is 5.95. The van der Waals surface area contributed by atoms with Crippen molar-refractivity contribution in [2.45, 2.75) is 13.2 Å². The Balaban J connectivity index is 1.60. The second kappa shape index (κ2) is 8.77. The Bertz CT molecular complexity index is 766. The molecule has 0 radical (unpaired) electrons. The molecule has 1 amide bonds. The summed E-state index contributed by atoms with van der Waals surface area (Å²) in [7, 11) is 1.35. The summed E-state index contributed by atoms with van der Waals surface area (Å²) in [6.07, 6.45) is 3.56. The molecule has 1 aliphatic rings. The quantitative estimate of drug-likeness (QED) is 0.822. The number of pyridine rings is 1. The molecular weight excluding hydrogens is 356 g/mol. The van der Waals surface area contributed by atoms with E-state index in [4.69, 9.17) is 4.74 Å². The van der Waals surface area contributed by atoms with E-state index in [2.05, 4.69) is 9.72 Å². The second-order valence-corrected chi connectivity index (χ2v) is 6.32. The van der Waals surface area contributed by atoms with E-state index in [1.165, 1.54) is 35.8 Å². The zero-order valence-electron chi connectivity index (χ0n) is 15.0. The van der Waals surface area contributed by atoms with E-state index in [0.717, 1.165) is 19.6 Å². The van der Waals surface area contributed by atoms with Gasteiger partial charge in [-0.25, -0.2) is 0 Å². The van der Waals surface area contributed by atoms with E-state index in [0.29, 0.717) is 18.7 Å². The number of carbonyl (C=O) groups is 1. The summed E-state index contributed by atoms with van der Waals surface area (Å²) >= 11 is 0. The first-order valence-electron chi connectivity index (χ1n) is 8.71. The zero-order valence-corrected chi connectivity index (χ0v) is 15.0. The number of piperazine rings is 1. The lowest BCUT2D eigenvalue weighted by atomic mass is 10.1. The van der Waals surface area contributed by atoms with Gasteiger partial charge < -0.3 is 19.3 Å². The second-order valence-electron chi connectivity index (χ2n) is 6.32. The summed E-state index contributed by atoms with van der Waals surface area (Å²) in [4.78, 5) is 19.9. The van der Waals surface area contributed by atoms with E-state index in [1.807, 2.05) is 12.1 Å². The van der Waals surface area contributed by atoms with Crippen LogP contribution in [0.3, 0.4) is 0 Å². The number of nitrogens with one attached hydrogen (secondary N) is 1. The number of carbonyl (C=O) groups excluding carboxylic acids is 1. The van der Waals surface area contributed by atoms with Crippen molar-refractivity contribution < 1.29 is 27.9 Å². The third-order valence-electron chi connectivity index (χ3n) is 4.59. The van der Waals surface area contributed by atoms with Gasteiger partial charge in [0.05, 0.1) is 33.3 Å². The molecule has 1 aliphatic heterocycles. The highest BCUT2D eigenvalue weighted by Crippen LogP contribution is 2.29. The number of amides is 1. The molecule has 0 atom stereocenters. The van der Waals surface area contributed by atoms with Crippen LogP contribution in [0.15, 0.2) is 42.7 Å². The Kier molecular flexibility index (Phi) is 6.18. The van der Waals surface area contributed by atoms with E-state index >= 15 is 0 Å². The molecular formula is C19H22F2N3O3+. The SMILES string of the molecule is COc1cc(C(=O)N2CC[NH+](Cc3ccncc3)CC2)ccc1OC(F)F. The Morgan fingerprint density at radius 1 is 1.19 bits per heavy atom. The van der Waals surface area contributed by atoms with Gasteiger partial charge in [0.1, 0.15) is 6.54 Å². The van der Waals surface area contributed by atoms with Crippen molar-refractivity contribution in [3.63, 3.8) is 0 Å². The predicted octanol–water partition coefficient (Wildman–Crippen LogP) is 1.23. The molecule has 1 aromatic carbocycles. The van der Waals surface area contributed by atoms with Crippen molar-refractivity contribution in [3.05, 3.63) is 53.9 Å². The van der Waals surface area contributed by atoms with Crippen LogP contribution in [0, 0.1) is 0 Å². The first kappa shape index (κ1) is 19.0. The average molecular weight is 378 g/mol. The number of methoxy groups -OCH3 is 1. The third kappa shape index (κ3) is 4.91. The largest absolute Gasteiger partial charge is 0.493 e. The Hall–Kier alpha value is -2.74. The summed E-state index contributed by atoms with van der Waals surface area (Å²) in [5.74, 6) is -0.112. The minimum Gasteiger partial charge on any atom is -0.493 e. The molecule has 3 rings (SSSR count). The van der Waals surface area contributed by atoms with Crippen molar-refractivity contribution in [2.24, 2.45) is 0 Å². The van der Waals surface area contributed by atoms with Gasteiger partial charge >= 0.3 is 6.61 Å². The van der Waals surface area contributed by atoms with Crippen molar-refractivity contribution in [1.82, 2.24) is 9.88 Å².